The standard InChI is InChI=1S/C10H13N3O2/c1-6-5-15-9-8(10(14)13(6)2)3-7(11)4-12-9/h3-4,6H,5,11H2,1-2H3. The number of likely N-dealkylation sites (N-methyl/N-ethyl adjacent to an activating group) is 1. The van der Waals surface area contributed by atoms with Gasteiger partial charge >= 0.3 is 0 Å². The van der Waals surface area contributed by atoms with E-state index in [1.807, 2.05) is 6.92 Å². The predicted octanol–water partition coefficient (Wildman–Crippen LogP) is 0.517. The van der Waals surface area contributed by atoms with Crippen LogP contribution < -0.4 is 10.5 Å². The van der Waals surface area contributed by atoms with Crippen LogP contribution in [-0.2, 0) is 0 Å². The van der Waals surface area contributed by atoms with Crippen molar-refractivity contribution in [1.29, 1.82) is 0 Å². The molecule has 1 aromatic heterocycles. The lowest BCUT2D eigenvalue weighted by molar-refractivity contribution is 0.0732. The van der Waals surface area contributed by atoms with Crippen LogP contribution in [0.5, 0.6) is 5.88 Å². The molecule has 0 radical (unpaired) electrons. The van der Waals surface area contributed by atoms with E-state index in [1.165, 1.54) is 6.20 Å². The van der Waals surface area contributed by atoms with Gasteiger partial charge in [0, 0.05) is 7.05 Å². The molecule has 0 fully saturated rings. The quantitative estimate of drug-likeness (QED) is 0.673. The second-order valence-electron chi connectivity index (χ2n) is 3.70. The average Bonchev–Trinajstić information content (AvgIpc) is 2.32. The number of nitrogen functional groups attached to an aromatic ring is 1. The molecule has 0 spiro atoms. The van der Waals surface area contributed by atoms with Gasteiger partial charge in [0.1, 0.15) is 12.2 Å². The first-order valence-electron chi connectivity index (χ1n) is 4.75. The Balaban J connectivity index is 2.48. The van der Waals surface area contributed by atoms with Crippen LogP contribution in [0.3, 0.4) is 0 Å². The number of hydrogen-bond acceptors (Lipinski definition) is 4. The molecule has 5 heteroatoms. The minimum atomic E-state index is -0.102. The normalized spacial score (nSPS) is 20.5. The minimum Gasteiger partial charge on any atom is -0.475 e. The lowest BCUT2D eigenvalue weighted by Gasteiger charge is -2.20. The van der Waals surface area contributed by atoms with Gasteiger partial charge in [0.25, 0.3) is 5.91 Å². The molecule has 0 saturated carbocycles. The van der Waals surface area contributed by atoms with E-state index >= 15 is 0 Å². The first-order chi connectivity index (χ1) is 7.09. The largest absolute Gasteiger partial charge is 0.475 e. The molecule has 1 aliphatic heterocycles. The van der Waals surface area contributed by atoms with Crippen LogP contribution in [0.1, 0.15) is 17.3 Å². The fourth-order valence-electron chi connectivity index (χ4n) is 1.44. The second-order valence-corrected chi connectivity index (χ2v) is 3.70. The Morgan fingerprint density at radius 1 is 1.67 bits per heavy atom. The molecule has 80 valence electrons. The third kappa shape index (κ3) is 1.60. The number of aromatic nitrogens is 1. The van der Waals surface area contributed by atoms with E-state index in [0.717, 1.165) is 0 Å². The number of rotatable bonds is 0. The van der Waals surface area contributed by atoms with E-state index in [0.29, 0.717) is 23.7 Å². The zero-order chi connectivity index (χ0) is 11.0. The lowest BCUT2D eigenvalue weighted by atomic mass is 10.2. The van der Waals surface area contributed by atoms with Gasteiger partial charge in [-0.3, -0.25) is 4.79 Å². The van der Waals surface area contributed by atoms with Gasteiger partial charge in [-0.15, -0.1) is 0 Å². The maximum atomic E-state index is 11.9. The Bertz CT molecular complexity index is 406. The van der Waals surface area contributed by atoms with Crippen LogP contribution in [0.2, 0.25) is 0 Å². The van der Waals surface area contributed by atoms with Crippen molar-refractivity contribution in [3.8, 4) is 5.88 Å². The molecule has 15 heavy (non-hydrogen) atoms. The van der Waals surface area contributed by atoms with Crippen molar-refractivity contribution < 1.29 is 9.53 Å². The van der Waals surface area contributed by atoms with Crippen molar-refractivity contribution in [3.63, 3.8) is 0 Å². The van der Waals surface area contributed by atoms with Crippen molar-refractivity contribution in [2.45, 2.75) is 13.0 Å². The fourth-order valence-corrected chi connectivity index (χ4v) is 1.44. The Morgan fingerprint density at radius 2 is 2.40 bits per heavy atom. The van der Waals surface area contributed by atoms with Crippen LogP contribution in [0.15, 0.2) is 12.3 Å². The van der Waals surface area contributed by atoms with E-state index < -0.39 is 0 Å². The topological polar surface area (TPSA) is 68.5 Å². The van der Waals surface area contributed by atoms with Crippen LogP contribution >= 0.6 is 0 Å². The second kappa shape index (κ2) is 3.42. The number of pyridine rings is 1. The summed E-state index contributed by atoms with van der Waals surface area (Å²) < 4.78 is 5.43. The number of nitrogens with two attached hydrogens (primary N) is 1. The third-order valence-corrected chi connectivity index (χ3v) is 2.55. The summed E-state index contributed by atoms with van der Waals surface area (Å²) in [5.74, 6) is 0.264. The van der Waals surface area contributed by atoms with Crippen molar-refractivity contribution >= 4 is 11.6 Å². The molecule has 0 saturated heterocycles. The van der Waals surface area contributed by atoms with Crippen LogP contribution in [0.4, 0.5) is 5.69 Å². The highest BCUT2D eigenvalue weighted by Crippen LogP contribution is 2.23. The van der Waals surface area contributed by atoms with Gasteiger partial charge in [-0.25, -0.2) is 4.98 Å². The van der Waals surface area contributed by atoms with E-state index in [1.54, 1.807) is 18.0 Å². The van der Waals surface area contributed by atoms with Crippen LogP contribution in [-0.4, -0.2) is 35.5 Å². The summed E-state index contributed by atoms with van der Waals surface area (Å²) in [6, 6.07) is 1.63. The van der Waals surface area contributed by atoms with E-state index in [4.69, 9.17) is 10.5 Å². The predicted molar refractivity (Wildman–Crippen MR) is 55.7 cm³/mol. The molecule has 1 aliphatic rings. The molecule has 0 aromatic carbocycles. The van der Waals surface area contributed by atoms with Crippen LogP contribution in [0, 0.1) is 0 Å². The highest BCUT2D eigenvalue weighted by Gasteiger charge is 2.26. The smallest absolute Gasteiger partial charge is 0.259 e. The SMILES string of the molecule is CC1COc2ncc(N)cc2C(=O)N1C. The Labute approximate surface area is 87.8 Å². The molecule has 5 nitrogen and oxygen atoms in total. The summed E-state index contributed by atoms with van der Waals surface area (Å²) in [7, 11) is 1.74. The minimum absolute atomic E-state index is 0.0351. The number of carbonyl (C=O) groups is 1. The van der Waals surface area contributed by atoms with Crippen molar-refractivity contribution in [1.82, 2.24) is 9.88 Å². The Hall–Kier alpha value is -1.78. The van der Waals surface area contributed by atoms with Gasteiger partial charge in [0.15, 0.2) is 0 Å². The maximum Gasteiger partial charge on any atom is 0.259 e. The zero-order valence-electron chi connectivity index (χ0n) is 8.73. The lowest BCUT2D eigenvalue weighted by Crippen LogP contribution is -2.36. The van der Waals surface area contributed by atoms with Gasteiger partial charge in [0.05, 0.1) is 17.9 Å². The summed E-state index contributed by atoms with van der Waals surface area (Å²) in [5.41, 5.74) is 6.49. The molecule has 2 rings (SSSR count). The molecule has 0 aliphatic carbocycles. The van der Waals surface area contributed by atoms with Crippen LogP contribution in [0.25, 0.3) is 0 Å². The molecule has 0 bridgehead atoms. The molecule has 1 aromatic rings. The summed E-state index contributed by atoms with van der Waals surface area (Å²) in [6.45, 7) is 2.37. The summed E-state index contributed by atoms with van der Waals surface area (Å²) in [6.07, 6.45) is 1.49. The molecule has 1 unspecified atom stereocenters. The number of hydrogen-bond donors (Lipinski definition) is 1. The van der Waals surface area contributed by atoms with Gasteiger partial charge in [-0.05, 0) is 13.0 Å². The first-order valence-corrected chi connectivity index (χ1v) is 4.75. The van der Waals surface area contributed by atoms with E-state index in [-0.39, 0.29) is 11.9 Å². The highest BCUT2D eigenvalue weighted by atomic mass is 16.5. The van der Waals surface area contributed by atoms with E-state index in [9.17, 15) is 4.79 Å². The zero-order valence-corrected chi connectivity index (χ0v) is 8.73. The maximum absolute atomic E-state index is 11.9. The van der Waals surface area contributed by atoms with Gasteiger partial charge in [-0.2, -0.15) is 0 Å². The fraction of sp³-hybridized carbons (Fsp3) is 0.400. The summed E-state index contributed by atoms with van der Waals surface area (Å²) in [5, 5.41) is 0. The Morgan fingerprint density at radius 3 is 3.13 bits per heavy atom. The molecular weight excluding hydrogens is 194 g/mol. The number of ether oxygens (including phenoxy) is 1. The first kappa shape index (κ1) is 9.76. The number of nitrogens with zero attached hydrogens (tertiary/aromatic N) is 2. The summed E-state index contributed by atoms with van der Waals surface area (Å²) >= 11 is 0. The van der Waals surface area contributed by atoms with Gasteiger partial charge < -0.3 is 15.4 Å². The van der Waals surface area contributed by atoms with Crippen molar-refractivity contribution in [3.05, 3.63) is 17.8 Å². The van der Waals surface area contributed by atoms with E-state index in [2.05, 4.69) is 4.98 Å². The molecular formula is C10H13N3O2. The number of amides is 1. The van der Waals surface area contributed by atoms with Gasteiger partial charge in [0.2, 0.25) is 5.88 Å². The Kier molecular flexibility index (Phi) is 2.22. The van der Waals surface area contributed by atoms with Gasteiger partial charge in [-0.1, -0.05) is 0 Å². The molecule has 1 atom stereocenters. The number of fused-ring (bicyclic) bond motifs is 1. The molecule has 2 heterocycles. The number of anilines is 1. The van der Waals surface area contributed by atoms with Crippen molar-refractivity contribution in [2.24, 2.45) is 0 Å². The summed E-state index contributed by atoms with van der Waals surface area (Å²) in [4.78, 5) is 17.6. The highest BCUT2D eigenvalue weighted by molar-refractivity contribution is 5.97. The van der Waals surface area contributed by atoms with Crippen molar-refractivity contribution in [2.75, 3.05) is 19.4 Å². The number of carbonyl (C=O) groups excluding carboxylic acids is 1. The molecule has 1 amide bonds. The third-order valence-electron chi connectivity index (χ3n) is 2.55. The monoisotopic (exact) mass is 207 g/mol. The average molecular weight is 207 g/mol. The molecule has 2 N–H and O–H groups in total.